The molecule has 1 heterocycles. The van der Waals surface area contributed by atoms with Crippen LogP contribution in [-0.4, -0.2) is 79.9 Å². The van der Waals surface area contributed by atoms with E-state index < -0.39 is 0 Å². The van der Waals surface area contributed by atoms with Gasteiger partial charge in [0.15, 0.2) is 0 Å². The summed E-state index contributed by atoms with van der Waals surface area (Å²) < 4.78 is 0. The summed E-state index contributed by atoms with van der Waals surface area (Å²) in [5.74, 6) is -0.398. The minimum absolute atomic E-state index is 0.193. The second-order valence-electron chi connectivity index (χ2n) is 8.58. The van der Waals surface area contributed by atoms with Crippen molar-refractivity contribution in [2.24, 2.45) is 0 Å². The van der Waals surface area contributed by atoms with Crippen molar-refractivity contribution in [3.63, 3.8) is 0 Å². The fraction of sp³-hybridized carbons (Fsp3) is 0.385. The van der Waals surface area contributed by atoms with Crippen LogP contribution in [0.4, 0.5) is 5.69 Å². The Kier molecular flexibility index (Phi) is 6.44. The van der Waals surface area contributed by atoms with Gasteiger partial charge in [0.1, 0.15) is 0 Å². The quantitative estimate of drug-likeness (QED) is 0.411. The molecule has 0 saturated heterocycles. The Labute approximate surface area is 189 Å². The number of benzene rings is 3. The van der Waals surface area contributed by atoms with Crippen LogP contribution >= 0.6 is 0 Å². The van der Waals surface area contributed by atoms with Gasteiger partial charge in [0.05, 0.1) is 11.1 Å². The maximum absolute atomic E-state index is 13.7. The van der Waals surface area contributed by atoms with Crippen LogP contribution < -0.4 is 5.32 Å². The van der Waals surface area contributed by atoms with Crippen molar-refractivity contribution >= 4 is 39.0 Å². The normalized spacial score (nSPS) is 13.8. The van der Waals surface area contributed by atoms with Crippen LogP contribution in [0.2, 0.25) is 0 Å². The molecule has 6 heteroatoms. The molecule has 32 heavy (non-hydrogen) atoms. The standard InChI is InChI=1S/C26H32N4O2/c1-5-29(6-2)15-16-30-25(31)23-20-10-8-7-9-18(20)17-19-11-12-21(27-13-14-28(3)4)24(22(19)23)26(30)32/h7-12,17,27H,5-6,13-16H2,1-4H3. The van der Waals surface area contributed by atoms with Gasteiger partial charge in [-0.25, -0.2) is 0 Å². The Hall–Kier alpha value is -2.96. The van der Waals surface area contributed by atoms with E-state index in [1.54, 1.807) is 0 Å². The van der Waals surface area contributed by atoms with Gasteiger partial charge < -0.3 is 15.1 Å². The van der Waals surface area contributed by atoms with E-state index in [1.807, 2.05) is 50.5 Å². The van der Waals surface area contributed by atoms with Crippen LogP contribution in [0.25, 0.3) is 21.5 Å². The zero-order valence-corrected chi connectivity index (χ0v) is 19.4. The maximum Gasteiger partial charge on any atom is 0.263 e. The molecule has 6 nitrogen and oxygen atoms in total. The first-order valence-corrected chi connectivity index (χ1v) is 11.4. The average Bonchev–Trinajstić information content (AvgIpc) is 2.78. The number of likely N-dealkylation sites (N-methyl/N-ethyl adjacent to an activating group) is 2. The summed E-state index contributed by atoms with van der Waals surface area (Å²) in [6, 6.07) is 14.0. The average molecular weight is 433 g/mol. The summed E-state index contributed by atoms with van der Waals surface area (Å²) in [6.07, 6.45) is 0. The predicted molar refractivity (Wildman–Crippen MR) is 132 cm³/mol. The SMILES string of the molecule is CCN(CC)CCN1C(=O)c2c(NCCN(C)C)ccc3cc4ccccc4c(c23)C1=O. The number of nitrogens with one attached hydrogen (secondary N) is 1. The molecule has 0 unspecified atom stereocenters. The zero-order chi connectivity index (χ0) is 22.8. The lowest BCUT2D eigenvalue weighted by atomic mass is 9.88. The molecule has 0 aromatic heterocycles. The van der Waals surface area contributed by atoms with Gasteiger partial charge in [-0.05, 0) is 55.5 Å². The third kappa shape index (κ3) is 3.96. The molecular weight excluding hydrogens is 400 g/mol. The lowest BCUT2D eigenvalue weighted by Gasteiger charge is -2.31. The van der Waals surface area contributed by atoms with E-state index in [1.165, 1.54) is 4.90 Å². The minimum atomic E-state index is -0.206. The van der Waals surface area contributed by atoms with Gasteiger partial charge in [0.2, 0.25) is 0 Å². The molecule has 0 atom stereocenters. The van der Waals surface area contributed by atoms with Crippen LogP contribution in [-0.2, 0) is 0 Å². The minimum Gasteiger partial charge on any atom is -0.383 e. The van der Waals surface area contributed by atoms with Gasteiger partial charge in [0, 0.05) is 37.3 Å². The first-order valence-electron chi connectivity index (χ1n) is 11.4. The van der Waals surface area contributed by atoms with Crippen LogP contribution in [0, 0.1) is 0 Å². The second-order valence-corrected chi connectivity index (χ2v) is 8.58. The molecule has 0 fully saturated rings. The first kappa shape index (κ1) is 22.2. The van der Waals surface area contributed by atoms with E-state index in [4.69, 9.17) is 0 Å². The summed E-state index contributed by atoms with van der Waals surface area (Å²) in [5.41, 5.74) is 2.05. The van der Waals surface area contributed by atoms with Crippen molar-refractivity contribution in [2.75, 3.05) is 58.7 Å². The fourth-order valence-electron chi connectivity index (χ4n) is 4.51. The Morgan fingerprint density at radius 3 is 2.31 bits per heavy atom. The molecule has 3 aromatic carbocycles. The van der Waals surface area contributed by atoms with E-state index in [2.05, 4.69) is 35.0 Å². The Bertz CT molecular complexity index is 1170. The lowest BCUT2D eigenvalue weighted by molar-refractivity contribution is 0.0596. The fourth-order valence-corrected chi connectivity index (χ4v) is 4.51. The number of rotatable bonds is 9. The van der Waals surface area contributed by atoms with Crippen molar-refractivity contribution in [2.45, 2.75) is 13.8 Å². The summed E-state index contributed by atoms with van der Waals surface area (Å²) in [5, 5.41) is 7.05. The highest BCUT2D eigenvalue weighted by Crippen LogP contribution is 2.39. The van der Waals surface area contributed by atoms with Crippen LogP contribution in [0.3, 0.4) is 0 Å². The Balaban J connectivity index is 1.87. The Morgan fingerprint density at radius 2 is 1.59 bits per heavy atom. The number of hydrogen-bond donors (Lipinski definition) is 1. The monoisotopic (exact) mass is 432 g/mol. The lowest BCUT2D eigenvalue weighted by Crippen LogP contribution is -2.45. The highest BCUT2D eigenvalue weighted by Gasteiger charge is 2.36. The third-order valence-corrected chi connectivity index (χ3v) is 6.36. The summed E-state index contributed by atoms with van der Waals surface area (Å²) >= 11 is 0. The molecule has 1 N–H and O–H groups in total. The second kappa shape index (κ2) is 9.27. The number of hydrogen-bond acceptors (Lipinski definition) is 5. The van der Waals surface area contributed by atoms with E-state index in [9.17, 15) is 9.59 Å². The van der Waals surface area contributed by atoms with Crippen LogP contribution in [0.1, 0.15) is 34.6 Å². The number of carbonyl (C=O) groups is 2. The van der Waals surface area contributed by atoms with Gasteiger partial charge >= 0.3 is 0 Å². The molecule has 2 amide bonds. The molecule has 168 valence electrons. The Morgan fingerprint density at radius 1 is 0.875 bits per heavy atom. The first-order chi connectivity index (χ1) is 15.5. The van der Waals surface area contributed by atoms with Crippen molar-refractivity contribution in [1.82, 2.24) is 14.7 Å². The van der Waals surface area contributed by atoms with E-state index in [0.29, 0.717) is 24.2 Å². The van der Waals surface area contributed by atoms with Crippen LogP contribution in [0.15, 0.2) is 42.5 Å². The van der Waals surface area contributed by atoms with E-state index in [-0.39, 0.29) is 11.8 Å². The van der Waals surface area contributed by atoms with Crippen molar-refractivity contribution in [1.29, 1.82) is 0 Å². The van der Waals surface area contributed by atoms with Crippen LogP contribution in [0.5, 0.6) is 0 Å². The van der Waals surface area contributed by atoms with Gasteiger partial charge in [-0.15, -0.1) is 0 Å². The molecule has 0 bridgehead atoms. The van der Waals surface area contributed by atoms with Crippen molar-refractivity contribution in [3.05, 3.63) is 53.6 Å². The molecule has 0 aliphatic carbocycles. The summed E-state index contributed by atoms with van der Waals surface area (Å²) in [7, 11) is 4.05. The van der Waals surface area contributed by atoms with E-state index in [0.717, 1.165) is 53.4 Å². The highest BCUT2D eigenvalue weighted by atomic mass is 16.2. The van der Waals surface area contributed by atoms with Gasteiger partial charge in [0.25, 0.3) is 11.8 Å². The molecule has 3 aromatic rings. The number of nitrogens with zero attached hydrogens (tertiary/aromatic N) is 3. The third-order valence-electron chi connectivity index (χ3n) is 6.36. The maximum atomic E-state index is 13.7. The summed E-state index contributed by atoms with van der Waals surface area (Å²) in [6.45, 7) is 8.59. The predicted octanol–water partition coefficient (Wildman–Crippen LogP) is 3.90. The number of fused-ring (bicyclic) bond motifs is 2. The van der Waals surface area contributed by atoms with E-state index >= 15 is 0 Å². The molecule has 1 aliphatic rings. The smallest absolute Gasteiger partial charge is 0.263 e. The van der Waals surface area contributed by atoms with Gasteiger partial charge in [-0.1, -0.05) is 44.2 Å². The largest absolute Gasteiger partial charge is 0.383 e. The number of imide groups is 1. The van der Waals surface area contributed by atoms with Gasteiger partial charge in [-0.2, -0.15) is 0 Å². The highest BCUT2D eigenvalue weighted by molar-refractivity contribution is 6.32. The summed E-state index contributed by atoms with van der Waals surface area (Å²) in [4.78, 5) is 33.2. The van der Waals surface area contributed by atoms with Crippen molar-refractivity contribution in [3.8, 4) is 0 Å². The number of anilines is 1. The molecule has 0 radical (unpaired) electrons. The van der Waals surface area contributed by atoms with Gasteiger partial charge in [-0.3, -0.25) is 14.5 Å². The van der Waals surface area contributed by atoms with Crippen molar-refractivity contribution < 1.29 is 9.59 Å². The molecule has 4 rings (SSSR count). The molecule has 0 saturated carbocycles. The zero-order valence-electron chi connectivity index (χ0n) is 19.4. The molecular formula is C26H32N4O2. The topological polar surface area (TPSA) is 55.9 Å². The number of carbonyl (C=O) groups excluding carboxylic acids is 2. The molecule has 1 aliphatic heterocycles. The molecule has 0 spiro atoms. The number of amides is 2.